The number of rotatable bonds is 0. The highest BCUT2D eigenvalue weighted by Crippen LogP contribution is 2.36. The third-order valence-electron chi connectivity index (χ3n) is 2.36. The van der Waals surface area contributed by atoms with E-state index in [9.17, 15) is 0 Å². The lowest BCUT2D eigenvalue weighted by atomic mass is 9.72. The summed E-state index contributed by atoms with van der Waals surface area (Å²) in [6, 6.07) is 0. The molecule has 1 atom stereocenters. The van der Waals surface area contributed by atoms with Gasteiger partial charge in [-0.15, -0.1) is 0 Å². The molecule has 0 aromatic rings. The van der Waals surface area contributed by atoms with E-state index in [2.05, 4.69) is 27.2 Å². The fraction of sp³-hybridized carbons (Fsp3) is 0.900. The van der Waals surface area contributed by atoms with E-state index in [4.69, 9.17) is 0 Å². The van der Waals surface area contributed by atoms with Crippen LogP contribution in [0.1, 0.15) is 46.5 Å². The van der Waals surface area contributed by atoms with E-state index in [1.807, 2.05) is 0 Å². The Morgan fingerprint density at radius 3 is 2.20 bits per heavy atom. The van der Waals surface area contributed by atoms with Crippen molar-refractivity contribution in [3.8, 4) is 0 Å². The monoisotopic (exact) mass is 138 g/mol. The molecular weight excluding hydrogens is 120 g/mol. The molecule has 10 heavy (non-hydrogen) atoms. The standard InChI is InChI=1S/C10H18/c1-10(2,3)9-7-5-4-6-8-9/h9H,4-7H2,1-3H3. The molecule has 2 radical (unpaired) electrons. The average molecular weight is 138 g/mol. The first kappa shape index (κ1) is 8.10. The van der Waals surface area contributed by atoms with Gasteiger partial charge in [-0.1, -0.05) is 33.6 Å². The van der Waals surface area contributed by atoms with Crippen LogP contribution in [0.4, 0.5) is 0 Å². The maximum absolute atomic E-state index is 3.56. The molecule has 0 aromatic carbocycles. The molecule has 1 unspecified atom stereocenters. The van der Waals surface area contributed by atoms with E-state index in [1.165, 1.54) is 25.7 Å². The molecule has 1 rings (SSSR count). The Morgan fingerprint density at radius 2 is 1.90 bits per heavy atom. The highest BCUT2D eigenvalue weighted by Gasteiger charge is 2.25. The molecule has 0 nitrogen and oxygen atoms in total. The lowest BCUT2D eigenvalue weighted by Crippen LogP contribution is -2.23. The van der Waals surface area contributed by atoms with Gasteiger partial charge in [0.05, 0.1) is 0 Å². The molecule has 0 heteroatoms. The molecule has 0 spiro atoms. The second-order valence-electron chi connectivity index (χ2n) is 4.37. The van der Waals surface area contributed by atoms with Crippen LogP contribution in [-0.4, -0.2) is 0 Å². The van der Waals surface area contributed by atoms with Crippen LogP contribution in [-0.2, 0) is 0 Å². The lowest BCUT2D eigenvalue weighted by Gasteiger charge is -2.33. The molecule has 0 N–H and O–H groups in total. The van der Waals surface area contributed by atoms with Crippen molar-refractivity contribution in [2.24, 2.45) is 11.3 Å². The van der Waals surface area contributed by atoms with Gasteiger partial charge < -0.3 is 0 Å². The van der Waals surface area contributed by atoms with Crippen molar-refractivity contribution in [2.45, 2.75) is 46.5 Å². The fourth-order valence-electron chi connectivity index (χ4n) is 1.59. The maximum atomic E-state index is 3.56. The molecule has 0 aliphatic heterocycles. The summed E-state index contributed by atoms with van der Waals surface area (Å²) < 4.78 is 0. The predicted octanol–water partition coefficient (Wildman–Crippen LogP) is 3.30. The SMILES string of the molecule is CC(C)(C)C1[C]CCCC1. The molecule has 0 amide bonds. The van der Waals surface area contributed by atoms with E-state index < -0.39 is 0 Å². The Morgan fingerprint density at radius 1 is 1.20 bits per heavy atom. The van der Waals surface area contributed by atoms with Gasteiger partial charge in [-0.3, -0.25) is 0 Å². The Hall–Kier alpha value is 0. The summed E-state index contributed by atoms with van der Waals surface area (Å²) in [4.78, 5) is 0. The zero-order valence-electron chi connectivity index (χ0n) is 7.41. The van der Waals surface area contributed by atoms with Crippen molar-refractivity contribution >= 4 is 0 Å². The van der Waals surface area contributed by atoms with Gasteiger partial charge in [0.15, 0.2) is 0 Å². The third kappa shape index (κ3) is 2.00. The van der Waals surface area contributed by atoms with Gasteiger partial charge in [-0.25, -0.2) is 0 Å². The molecule has 0 heterocycles. The molecule has 58 valence electrons. The van der Waals surface area contributed by atoms with Crippen LogP contribution in [0.2, 0.25) is 0 Å². The lowest BCUT2D eigenvalue weighted by molar-refractivity contribution is 0.231. The average Bonchev–Trinajstić information content (AvgIpc) is 1.88. The minimum absolute atomic E-state index is 0.459. The Balaban J connectivity index is 2.39. The molecule has 0 saturated heterocycles. The molecule has 0 aromatic heterocycles. The first-order valence-electron chi connectivity index (χ1n) is 4.34. The van der Waals surface area contributed by atoms with Gasteiger partial charge in [-0.2, -0.15) is 0 Å². The molecule has 1 aliphatic carbocycles. The van der Waals surface area contributed by atoms with Gasteiger partial charge in [0.2, 0.25) is 0 Å². The van der Waals surface area contributed by atoms with Crippen LogP contribution < -0.4 is 0 Å². The minimum atomic E-state index is 0.459. The first-order valence-corrected chi connectivity index (χ1v) is 4.34. The van der Waals surface area contributed by atoms with Crippen LogP contribution in [0.15, 0.2) is 0 Å². The molecular formula is C10H18. The van der Waals surface area contributed by atoms with Crippen molar-refractivity contribution < 1.29 is 0 Å². The molecule has 1 fully saturated rings. The Labute approximate surface area is 65.0 Å². The van der Waals surface area contributed by atoms with Crippen LogP contribution in [0.5, 0.6) is 0 Å². The summed E-state index contributed by atoms with van der Waals surface area (Å²) in [5, 5.41) is 0. The zero-order chi connectivity index (χ0) is 7.61. The van der Waals surface area contributed by atoms with Crippen LogP contribution in [0.3, 0.4) is 0 Å². The summed E-state index contributed by atoms with van der Waals surface area (Å²) in [5.41, 5.74) is 0.459. The largest absolute Gasteiger partial charge is 0.0599 e. The zero-order valence-corrected chi connectivity index (χ0v) is 7.41. The maximum Gasteiger partial charge on any atom is -0.0134 e. The van der Waals surface area contributed by atoms with Gasteiger partial charge in [-0.05, 0) is 30.6 Å². The van der Waals surface area contributed by atoms with E-state index in [0.717, 1.165) is 5.92 Å². The first-order chi connectivity index (χ1) is 4.61. The second-order valence-corrected chi connectivity index (χ2v) is 4.37. The summed E-state index contributed by atoms with van der Waals surface area (Å²) in [6.07, 6.45) is 8.93. The summed E-state index contributed by atoms with van der Waals surface area (Å²) >= 11 is 0. The van der Waals surface area contributed by atoms with Crippen LogP contribution in [0, 0.1) is 17.8 Å². The molecule has 1 aliphatic rings. The number of hydrogen-bond donors (Lipinski definition) is 0. The summed E-state index contributed by atoms with van der Waals surface area (Å²) in [6.45, 7) is 6.95. The highest BCUT2D eigenvalue weighted by molar-refractivity contribution is 4.88. The third-order valence-corrected chi connectivity index (χ3v) is 2.36. The van der Waals surface area contributed by atoms with Crippen molar-refractivity contribution in [3.63, 3.8) is 0 Å². The topological polar surface area (TPSA) is 0 Å². The van der Waals surface area contributed by atoms with E-state index in [0.29, 0.717) is 5.41 Å². The van der Waals surface area contributed by atoms with Gasteiger partial charge >= 0.3 is 0 Å². The quantitative estimate of drug-likeness (QED) is 0.482. The van der Waals surface area contributed by atoms with Crippen molar-refractivity contribution in [3.05, 3.63) is 6.42 Å². The van der Waals surface area contributed by atoms with Crippen molar-refractivity contribution in [2.75, 3.05) is 0 Å². The van der Waals surface area contributed by atoms with Crippen molar-refractivity contribution in [1.82, 2.24) is 0 Å². The smallest absolute Gasteiger partial charge is 0.0134 e. The molecule has 1 saturated carbocycles. The minimum Gasteiger partial charge on any atom is -0.0599 e. The van der Waals surface area contributed by atoms with Crippen molar-refractivity contribution in [1.29, 1.82) is 0 Å². The van der Waals surface area contributed by atoms with E-state index in [1.54, 1.807) is 0 Å². The number of hydrogen-bond acceptors (Lipinski definition) is 0. The highest BCUT2D eigenvalue weighted by atomic mass is 14.3. The Bertz CT molecular complexity index is 91.1. The van der Waals surface area contributed by atoms with E-state index >= 15 is 0 Å². The predicted molar refractivity (Wildman–Crippen MR) is 44.7 cm³/mol. The molecule has 0 bridgehead atoms. The van der Waals surface area contributed by atoms with Crippen LogP contribution >= 0.6 is 0 Å². The van der Waals surface area contributed by atoms with E-state index in [-0.39, 0.29) is 0 Å². The normalized spacial score (nSPS) is 23.1. The van der Waals surface area contributed by atoms with Gasteiger partial charge in [0.25, 0.3) is 0 Å². The van der Waals surface area contributed by atoms with Crippen LogP contribution in [0.25, 0.3) is 0 Å². The summed E-state index contributed by atoms with van der Waals surface area (Å²) in [7, 11) is 0. The van der Waals surface area contributed by atoms with Gasteiger partial charge in [0, 0.05) is 0 Å². The second kappa shape index (κ2) is 2.94. The summed E-state index contributed by atoms with van der Waals surface area (Å²) in [5.74, 6) is 0.751. The fourth-order valence-corrected chi connectivity index (χ4v) is 1.59. The van der Waals surface area contributed by atoms with Gasteiger partial charge in [0.1, 0.15) is 0 Å². The Kier molecular flexibility index (Phi) is 2.38.